The van der Waals surface area contributed by atoms with Gasteiger partial charge in [0.05, 0.1) is 39.1 Å². The Morgan fingerprint density at radius 2 is 1.15 bits per heavy atom. The molecule has 8 aromatic rings. The molecule has 256 valence electrons. The second kappa shape index (κ2) is 12.2. The van der Waals surface area contributed by atoms with Crippen LogP contribution in [-0.2, 0) is 6.18 Å². The van der Waals surface area contributed by atoms with Crippen molar-refractivity contribution in [2.75, 3.05) is 4.90 Å². The Bertz CT molecular complexity index is 2770. The molecule has 1 aliphatic heterocycles. The molecule has 0 spiro atoms. The van der Waals surface area contributed by atoms with Crippen LogP contribution in [0.1, 0.15) is 31.8 Å². The highest BCUT2D eigenvalue weighted by Crippen LogP contribution is 2.44. The molecular weight excluding hydrogens is 670 g/mol. The van der Waals surface area contributed by atoms with E-state index in [0.29, 0.717) is 33.6 Å². The molecule has 1 aromatic heterocycles. The molecule has 1 aliphatic rings. The van der Waals surface area contributed by atoms with Gasteiger partial charge in [-0.2, -0.15) is 13.2 Å². The molecule has 0 bridgehead atoms. The third kappa shape index (κ3) is 5.23. The van der Waals surface area contributed by atoms with E-state index in [-0.39, 0.29) is 11.1 Å². The number of rotatable bonds is 5. The number of hydrogen-bond acceptors (Lipinski definition) is 2. The number of imide groups is 1. The summed E-state index contributed by atoms with van der Waals surface area (Å²) in [6, 6.07) is 47.7. The minimum Gasteiger partial charge on any atom is -0.308 e. The van der Waals surface area contributed by atoms with Crippen molar-refractivity contribution < 1.29 is 22.8 Å². The Kier molecular flexibility index (Phi) is 7.41. The van der Waals surface area contributed by atoms with Gasteiger partial charge in [-0.3, -0.25) is 9.59 Å². The van der Waals surface area contributed by atoms with Crippen molar-refractivity contribution in [2.45, 2.75) is 13.1 Å². The van der Waals surface area contributed by atoms with Crippen molar-refractivity contribution in [1.29, 1.82) is 0 Å². The normalized spacial score (nSPS) is 12.9. The zero-order chi connectivity index (χ0) is 36.4. The van der Waals surface area contributed by atoms with Gasteiger partial charge in [-0.05, 0) is 71.1 Å². The number of benzene rings is 7. The summed E-state index contributed by atoms with van der Waals surface area (Å²) in [5.74, 6) is -0.940. The van der Waals surface area contributed by atoms with Crippen LogP contribution in [0, 0.1) is 6.92 Å². The quantitative estimate of drug-likeness (QED) is 0.168. The zero-order valence-corrected chi connectivity index (χ0v) is 28.4. The third-order valence-corrected chi connectivity index (χ3v) is 9.97. The number of fused-ring (bicyclic) bond motifs is 4. The Labute approximate surface area is 303 Å². The molecule has 2 amide bonds. The Morgan fingerprint density at radius 1 is 0.491 bits per heavy atom. The lowest BCUT2D eigenvalue weighted by Gasteiger charge is -2.20. The fraction of sp³-hybridized carbons (Fsp3) is 0.0435. The van der Waals surface area contributed by atoms with Gasteiger partial charge < -0.3 is 4.57 Å². The van der Waals surface area contributed by atoms with Gasteiger partial charge in [0.1, 0.15) is 0 Å². The average molecular weight is 699 g/mol. The van der Waals surface area contributed by atoms with Gasteiger partial charge in [0.15, 0.2) is 0 Å². The fourth-order valence-corrected chi connectivity index (χ4v) is 7.67. The molecule has 0 fully saturated rings. The highest BCUT2D eigenvalue weighted by Gasteiger charge is 2.41. The average Bonchev–Trinajstić information content (AvgIpc) is 3.65. The first-order valence-corrected chi connectivity index (χ1v) is 17.2. The van der Waals surface area contributed by atoms with Crippen LogP contribution in [0.2, 0.25) is 0 Å². The number of para-hydroxylation sites is 2. The SMILES string of the molecule is Cc1cc(-c2cccc3c4ccccc4n(-c4cccc5c4C(=O)N(c4cc(-c6ccccc6)ccc4-c4ccccc4)C5=O)c23)cc(C(F)(F)F)c1. The fourth-order valence-electron chi connectivity index (χ4n) is 7.67. The predicted octanol–water partition coefficient (Wildman–Crippen LogP) is 11.9. The van der Waals surface area contributed by atoms with E-state index in [9.17, 15) is 22.8 Å². The molecule has 7 heteroatoms. The summed E-state index contributed by atoms with van der Waals surface area (Å²) < 4.78 is 44.1. The van der Waals surface area contributed by atoms with Crippen LogP contribution >= 0.6 is 0 Å². The van der Waals surface area contributed by atoms with Gasteiger partial charge in [-0.1, -0.05) is 121 Å². The smallest absolute Gasteiger partial charge is 0.308 e. The van der Waals surface area contributed by atoms with Crippen molar-refractivity contribution in [1.82, 2.24) is 4.57 Å². The summed E-state index contributed by atoms with van der Waals surface area (Å²) >= 11 is 0. The van der Waals surface area contributed by atoms with E-state index in [4.69, 9.17) is 0 Å². The molecule has 0 saturated heterocycles. The molecule has 0 N–H and O–H groups in total. The monoisotopic (exact) mass is 698 g/mol. The Balaban J connectivity index is 1.29. The minimum absolute atomic E-state index is 0.222. The first-order valence-electron chi connectivity index (χ1n) is 17.2. The Hall–Kier alpha value is -6.73. The molecule has 2 heterocycles. The van der Waals surface area contributed by atoms with Gasteiger partial charge in [-0.15, -0.1) is 0 Å². The molecule has 0 atom stereocenters. The van der Waals surface area contributed by atoms with Crippen LogP contribution in [0.25, 0.3) is 60.9 Å². The molecular formula is C46H29F3N2O2. The topological polar surface area (TPSA) is 42.3 Å². The highest BCUT2D eigenvalue weighted by molar-refractivity contribution is 6.36. The molecule has 0 aliphatic carbocycles. The van der Waals surface area contributed by atoms with Gasteiger partial charge in [0, 0.05) is 21.9 Å². The van der Waals surface area contributed by atoms with Crippen molar-refractivity contribution in [3.8, 4) is 39.1 Å². The van der Waals surface area contributed by atoms with Gasteiger partial charge in [-0.25, -0.2) is 4.90 Å². The number of alkyl halides is 3. The van der Waals surface area contributed by atoms with E-state index >= 15 is 0 Å². The maximum atomic E-state index is 14.9. The summed E-state index contributed by atoms with van der Waals surface area (Å²) in [5, 5.41) is 1.67. The first kappa shape index (κ1) is 32.2. The number of anilines is 1. The van der Waals surface area contributed by atoms with E-state index in [1.807, 2.05) is 120 Å². The largest absolute Gasteiger partial charge is 0.416 e. The number of carbonyl (C=O) groups excluding carboxylic acids is 2. The molecule has 7 aromatic carbocycles. The summed E-state index contributed by atoms with van der Waals surface area (Å²) in [6.45, 7) is 1.65. The van der Waals surface area contributed by atoms with E-state index < -0.39 is 23.6 Å². The number of aryl methyl sites for hydroxylation is 1. The first-order chi connectivity index (χ1) is 25.7. The van der Waals surface area contributed by atoms with Crippen LogP contribution in [-0.4, -0.2) is 16.4 Å². The van der Waals surface area contributed by atoms with Crippen LogP contribution in [0.3, 0.4) is 0 Å². The molecule has 0 radical (unpaired) electrons. The summed E-state index contributed by atoms with van der Waals surface area (Å²) in [6.07, 6.45) is -4.53. The summed E-state index contributed by atoms with van der Waals surface area (Å²) in [4.78, 5) is 30.7. The number of carbonyl (C=O) groups is 2. The van der Waals surface area contributed by atoms with Crippen LogP contribution in [0.4, 0.5) is 18.9 Å². The highest BCUT2D eigenvalue weighted by atomic mass is 19.4. The summed E-state index contributed by atoms with van der Waals surface area (Å²) in [5.41, 5.74) is 6.83. The number of amides is 2. The number of aromatic nitrogens is 1. The Morgan fingerprint density at radius 3 is 1.91 bits per heavy atom. The van der Waals surface area contributed by atoms with Crippen molar-refractivity contribution in [2.24, 2.45) is 0 Å². The number of halogens is 3. The van der Waals surface area contributed by atoms with Crippen LogP contribution < -0.4 is 4.90 Å². The molecule has 53 heavy (non-hydrogen) atoms. The lowest BCUT2D eigenvalue weighted by molar-refractivity contribution is -0.137. The van der Waals surface area contributed by atoms with Crippen molar-refractivity contribution in [3.63, 3.8) is 0 Å². The van der Waals surface area contributed by atoms with Gasteiger partial charge in [0.2, 0.25) is 0 Å². The molecule has 9 rings (SSSR count). The lowest BCUT2D eigenvalue weighted by Crippen LogP contribution is -2.30. The lowest BCUT2D eigenvalue weighted by atomic mass is 9.97. The maximum Gasteiger partial charge on any atom is 0.416 e. The molecule has 0 unspecified atom stereocenters. The van der Waals surface area contributed by atoms with Crippen LogP contribution in [0.15, 0.2) is 158 Å². The van der Waals surface area contributed by atoms with Crippen molar-refractivity contribution in [3.05, 3.63) is 180 Å². The summed E-state index contributed by atoms with van der Waals surface area (Å²) in [7, 11) is 0. The van der Waals surface area contributed by atoms with E-state index in [1.54, 1.807) is 37.3 Å². The number of hydrogen-bond donors (Lipinski definition) is 0. The second-order valence-electron chi connectivity index (χ2n) is 13.2. The minimum atomic E-state index is -4.53. The third-order valence-electron chi connectivity index (χ3n) is 9.97. The second-order valence-corrected chi connectivity index (χ2v) is 13.2. The van der Waals surface area contributed by atoms with Crippen LogP contribution in [0.5, 0.6) is 0 Å². The van der Waals surface area contributed by atoms with E-state index in [0.717, 1.165) is 44.6 Å². The molecule has 4 nitrogen and oxygen atoms in total. The number of nitrogens with zero attached hydrogens (tertiary/aromatic N) is 2. The predicted molar refractivity (Wildman–Crippen MR) is 204 cm³/mol. The maximum absolute atomic E-state index is 14.9. The zero-order valence-electron chi connectivity index (χ0n) is 28.4. The van der Waals surface area contributed by atoms with Gasteiger partial charge >= 0.3 is 6.18 Å². The van der Waals surface area contributed by atoms with Gasteiger partial charge in [0.25, 0.3) is 11.8 Å². The standard InChI is InChI=1S/C46H29F3N2O2/c1-28-24-32(26-33(25-28)46(47,48)49)35-17-10-18-37-36-16-8-9-20-39(36)50(43(35)37)40-21-11-19-38-42(40)45(53)51(44(38)52)41-27-31(29-12-4-2-5-13-29)22-23-34(41)30-14-6-3-7-15-30/h2-27H,1H3. The van der Waals surface area contributed by atoms with Crippen molar-refractivity contribution >= 4 is 39.3 Å². The van der Waals surface area contributed by atoms with E-state index in [1.165, 1.54) is 11.0 Å². The molecule has 0 saturated carbocycles. The van der Waals surface area contributed by atoms with E-state index in [2.05, 4.69) is 0 Å².